The molecule has 0 radical (unpaired) electrons. The summed E-state index contributed by atoms with van der Waals surface area (Å²) in [6.45, 7) is 0.764. The Hall–Kier alpha value is -2.48. The molecule has 148 valence electrons. The van der Waals surface area contributed by atoms with Crippen LogP contribution in [0.15, 0.2) is 52.6 Å². The molecule has 2 aliphatic heterocycles. The molecule has 0 bridgehead atoms. The van der Waals surface area contributed by atoms with Gasteiger partial charge >= 0.3 is 0 Å². The zero-order valence-electron chi connectivity index (χ0n) is 15.4. The smallest absolute Gasteiger partial charge is 0.256 e. The maximum absolute atomic E-state index is 13.3. The van der Waals surface area contributed by atoms with Crippen LogP contribution in [0.2, 0.25) is 0 Å². The molecule has 1 N–H and O–H groups in total. The molecule has 4 rings (SSSR count). The van der Waals surface area contributed by atoms with Crippen molar-refractivity contribution in [2.24, 2.45) is 4.40 Å². The van der Waals surface area contributed by atoms with E-state index in [1.165, 1.54) is 12.1 Å². The number of amidine groups is 1. The standard InChI is InChI=1S/C20H22FN3O3S/c21-17-6-4-16(5-7-17)20(9-1-2-10-20)14-22-19(25)15-3-8-18-23-28(26,27)12-11-24(18)13-15/h3-8,13H,1-2,9-12,14H2,(H,22,25). The average Bonchev–Trinajstić information content (AvgIpc) is 3.16. The molecule has 0 spiro atoms. The van der Waals surface area contributed by atoms with Gasteiger partial charge in [0.05, 0.1) is 11.3 Å². The fourth-order valence-electron chi connectivity index (χ4n) is 4.11. The predicted octanol–water partition coefficient (Wildman–Crippen LogP) is 2.25. The highest BCUT2D eigenvalue weighted by Gasteiger charge is 2.36. The van der Waals surface area contributed by atoms with Gasteiger partial charge in [-0.05, 0) is 42.7 Å². The van der Waals surface area contributed by atoms with Crippen molar-refractivity contribution in [1.29, 1.82) is 0 Å². The number of benzene rings is 1. The van der Waals surface area contributed by atoms with E-state index in [0.717, 1.165) is 31.2 Å². The van der Waals surface area contributed by atoms with Gasteiger partial charge < -0.3 is 10.2 Å². The van der Waals surface area contributed by atoms with Crippen molar-refractivity contribution in [1.82, 2.24) is 10.2 Å². The number of rotatable bonds is 4. The summed E-state index contributed by atoms with van der Waals surface area (Å²) in [7, 11) is -3.42. The summed E-state index contributed by atoms with van der Waals surface area (Å²) in [5, 5.41) is 3.02. The molecule has 2 heterocycles. The van der Waals surface area contributed by atoms with Crippen LogP contribution >= 0.6 is 0 Å². The van der Waals surface area contributed by atoms with E-state index in [0.29, 0.717) is 18.0 Å². The fraction of sp³-hybridized carbons (Fsp3) is 0.400. The molecule has 28 heavy (non-hydrogen) atoms. The zero-order chi connectivity index (χ0) is 19.8. The Morgan fingerprint density at radius 2 is 1.89 bits per heavy atom. The molecule has 1 saturated carbocycles. The first-order valence-electron chi connectivity index (χ1n) is 9.40. The normalized spacial score (nSPS) is 22.2. The summed E-state index contributed by atoms with van der Waals surface area (Å²) in [5.41, 5.74) is 1.34. The van der Waals surface area contributed by atoms with Gasteiger partial charge in [0, 0.05) is 24.7 Å². The molecule has 6 nitrogen and oxygen atoms in total. The third-order valence-corrected chi connectivity index (χ3v) is 6.85. The number of nitrogens with zero attached hydrogens (tertiary/aromatic N) is 2. The first-order chi connectivity index (χ1) is 13.4. The topological polar surface area (TPSA) is 78.8 Å². The van der Waals surface area contributed by atoms with Crippen molar-refractivity contribution in [3.8, 4) is 0 Å². The van der Waals surface area contributed by atoms with Crippen LogP contribution in [0.1, 0.15) is 31.2 Å². The van der Waals surface area contributed by atoms with Crippen LogP contribution in [-0.4, -0.2) is 43.9 Å². The number of nitrogens with one attached hydrogen (secondary N) is 1. The van der Waals surface area contributed by atoms with Gasteiger partial charge in [-0.25, -0.2) is 12.8 Å². The number of halogens is 1. The van der Waals surface area contributed by atoms with Gasteiger partial charge in [0.2, 0.25) is 0 Å². The first-order valence-corrected chi connectivity index (χ1v) is 11.0. The molecule has 1 aromatic rings. The van der Waals surface area contributed by atoms with E-state index in [1.807, 2.05) is 12.1 Å². The van der Waals surface area contributed by atoms with E-state index in [-0.39, 0.29) is 29.4 Å². The van der Waals surface area contributed by atoms with E-state index >= 15 is 0 Å². The van der Waals surface area contributed by atoms with E-state index in [4.69, 9.17) is 0 Å². The Balaban J connectivity index is 1.47. The van der Waals surface area contributed by atoms with Gasteiger partial charge in [-0.15, -0.1) is 4.40 Å². The highest BCUT2D eigenvalue weighted by Crippen LogP contribution is 2.40. The van der Waals surface area contributed by atoms with E-state index in [9.17, 15) is 17.6 Å². The second-order valence-electron chi connectivity index (χ2n) is 7.52. The Labute approximate surface area is 163 Å². The molecule has 0 saturated heterocycles. The lowest BCUT2D eigenvalue weighted by Gasteiger charge is -2.31. The number of fused-ring (bicyclic) bond motifs is 1. The SMILES string of the molecule is O=C(NCC1(c2ccc(F)cc2)CCCC1)C1=CN2CCS(=O)(=O)N=C2C=C1. The third-order valence-electron chi connectivity index (χ3n) is 5.69. The molecule has 0 aromatic heterocycles. The molecule has 1 aromatic carbocycles. The number of hydrogen-bond acceptors (Lipinski definition) is 4. The van der Waals surface area contributed by atoms with Crippen molar-refractivity contribution in [3.05, 3.63) is 59.6 Å². The largest absolute Gasteiger partial charge is 0.351 e. The molecule has 0 unspecified atom stereocenters. The van der Waals surface area contributed by atoms with Gasteiger partial charge in [-0.3, -0.25) is 4.79 Å². The molecular weight excluding hydrogens is 381 g/mol. The minimum Gasteiger partial charge on any atom is -0.351 e. The van der Waals surface area contributed by atoms with Gasteiger partial charge in [-0.1, -0.05) is 25.0 Å². The van der Waals surface area contributed by atoms with Gasteiger partial charge in [-0.2, -0.15) is 0 Å². The number of sulfonamides is 1. The lowest BCUT2D eigenvalue weighted by atomic mass is 9.78. The summed E-state index contributed by atoms with van der Waals surface area (Å²) in [5.74, 6) is -0.207. The Bertz CT molecular complexity index is 974. The number of carbonyl (C=O) groups excluding carboxylic acids is 1. The van der Waals surface area contributed by atoms with Crippen molar-refractivity contribution in [2.45, 2.75) is 31.1 Å². The summed E-state index contributed by atoms with van der Waals surface area (Å²) in [6, 6.07) is 6.55. The monoisotopic (exact) mass is 403 g/mol. The first kappa shape index (κ1) is 18.9. The fourth-order valence-corrected chi connectivity index (χ4v) is 5.08. The van der Waals surface area contributed by atoms with E-state index in [1.54, 1.807) is 23.3 Å². The maximum atomic E-state index is 13.3. The minimum absolute atomic E-state index is 0.0661. The van der Waals surface area contributed by atoms with Gasteiger partial charge in [0.1, 0.15) is 11.7 Å². The summed E-state index contributed by atoms with van der Waals surface area (Å²) >= 11 is 0. The third kappa shape index (κ3) is 3.73. The highest BCUT2D eigenvalue weighted by atomic mass is 32.2. The van der Waals surface area contributed by atoms with Crippen LogP contribution in [0.4, 0.5) is 4.39 Å². The quantitative estimate of drug-likeness (QED) is 0.836. The van der Waals surface area contributed by atoms with Gasteiger partial charge in [0.15, 0.2) is 0 Å². The van der Waals surface area contributed by atoms with Crippen LogP contribution < -0.4 is 5.32 Å². The number of hydrogen-bond donors (Lipinski definition) is 1. The Morgan fingerprint density at radius 1 is 1.18 bits per heavy atom. The van der Waals surface area contributed by atoms with Crippen LogP contribution in [0, 0.1) is 5.82 Å². The lowest BCUT2D eigenvalue weighted by molar-refractivity contribution is -0.117. The minimum atomic E-state index is -3.42. The number of carbonyl (C=O) groups is 1. The van der Waals surface area contributed by atoms with Crippen molar-refractivity contribution >= 4 is 21.8 Å². The summed E-state index contributed by atoms with van der Waals surface area (Å²) in [4.78, 5) is 14.4. The molecular formula is C20H22FN3O3S. The lowest BCUT2D eigenvalue weighted by Crippen LogP contribution is -2.41. The van der Waals surface area contributed by atoms with Crippen molar-refractivity contribution in [2.75, 3.05) is 18.8 Å². The molecule has 3 aliphatic rings. The van der Waals surface area contributed by atoms with Crippen molar-refractivity contribution < 1.29 is 17.6 Å². The molecule has 0 atom stereocenters. The molecule has 1 aliphatic carbocycles. The summed E-state index contributed by atoms with van der Waals surface area (Å²) < 4.78 is 40.2. The molecule has 1 fully saturated rings. The van der Waals surface area contributed by atoms with Gasteiger partial charge in [0.25, 0.3) is 15.9 Å². The van der Waals surface area contributed by atoms with Crippen molar-refractivity contribution in [3.63, 3.8) is 0 Å². The second kappa shape index (κ2) is 7.16. The predicted molar refractivity (Wildman–Crippen MR) is 105 cm³/mol. The van der Waals surface area contributed by atoms with E-state index < -0.39 is 10.0 Å². The van der Waals surface area contributed by atoms with Crippen LogP contribution in [0.3, 0.4) is 0 Å². The highest BCUT2D eigenvalue weighted by molar-refractivity contribution is 7.90. The Morgan fingerprint density at radius 3 is 2.61 bits per heavy atom. The maximum Gasteiger partial charge on any atom is 0.256 e. The van der Waals surface area contributed by atoms with E-state index in [2.05, 4.69) is 9.71 Å². The second-order valence-corrected chi connectivity index (χ2v) is 9.28. The zero-order valence-corrected chi connectivity index (χ0v) is 16.2. The average molecular weight is 403 g/mol. The van der Waals surface area contributed by atoms with Crippen LogP contribution in [-0.2, 0) is 20.2 Å². The Kier molecular flexibility index (Phi) is 4.82. The summed E-state index contributed by atoms with van der Waals surface area (Å²) in [6.07, 6.45) is 8.85. The number of amides is 1. The van der Waals surface area contributed by atoms with Crippen LogP contribution in [0.5, 0.6) is 0 Å². The van der Waals surface area contributed by atoms with Crippen LogP contribution in [0.25, 0.3) is 0 Å². The molecule has 1 amide bonds. The molecule has 8 heteroatoms.